The van der Waals surface area contributed by atoms with Crippen LogP contribution in [0.3, 0.4) is 0 Å². The van der Waals surface area contributed by atoms with Crippen LogP contribution in [0.5, 0.6) is 0 Å². The van der Waals surface area contributed by atoms with Crippen molar-refractivity contribution in [1.82, 2.24) is 10.3 Å². The third kappa shape index (κ3) is 3.74. The molecule has 2 rings (SSSR count). The summed E-state index contributed by atoms with van der Waals surface area (Å²) in [6, 6.07) is 6.25. The van der Waals surface area contributed by atoms with Crippen molar-refractivity contribution in [2.75, 3.05) is 6.54 Å². The molecule has 0 radical (unpaired) electrons. The number of halogens is 1. The van der Waals surface area contributed by atoms with E-state index in [-0.39, 0.29) is 18.3 Å². The quantitative estimate of drug-likeness (QED) is 0.793. The van der Waals surface area contributed by atoms with Crippen molar-refractivity contribution >= 4 is 29.2 Å². The first kappa shape index (κ1) is 16.5. The summed E-state index contributed by atoms with van der Waals surface area (Å²) in [5.41, 5.74) is 10.1. The minimum Gasteiger partial charge on any atom is -0.358 e. The van der Waals surface area contributed by atoms with Crippen LogP contribution in [-0.2, 0) is 11.3 Å². The summed E-state index contributed by atoms with van der Waals surface area (Å²) in [6.07, 6.45) is 1.24. The Labute approximate surface area is 125 Å². The molecule has 0 saturated heterocycles. The maximum Gasteiger partial charge on any atom is 0.220 e. The van der Waals surface area contributed by atoms with E-state index in [4.69, 9.17) is 5.73 Å². The van der Waals surface area contributed by atoms with Gasteiger partial charge in [-0.1, -0.05) is 6.07 Å². The lowest BCUT2D eigenvalue weighted by Crippen LogP contribution is -2.23. The Morgan fingerprint density at radius 1 is 1.35 bits per heavy atom. The topological polar surface area (TPSA) is 70.9 Å². The highest BCUT2D eigenvalue weighted by Crippen LogP contribution is 2.22. The maximum absolute atomic E-state index is 11.5. The Kier molecular flexibility index (Phi) is 6.05. The van der Waals surface area contributed by atoms with Crippen LogP contribution in [0.2, 0.25) is 0 Å². The molecule has 110 valence electrons. The van der Waals surface area contributed by atoms with Crippen molar-refractivity contribution in [3.8, 4) is 0 Å². The number of hydrogen-bond acceptors (Lipinski definition) is 2. The second kappa shape index (κ2) is 7.31. The molecule has 4 nitrogen and oxygen atoms in total. The van der Waals surface area contributed by atoms with E-state index in [1.165, 1.54) is 16.6 Å². The first-order chi connectivity index (χ1) is 9.11. The molecule has 1 amide bonds. The number of amides is 1. The average Bonchev–Trinajstić information content (AvgIpc) is 2.69. The smallest absolute Gasteiger partial charge is 0.220 e. The Morgan fingerprint density at radius 3 is 2.80 bits per heavy atom. The fraction of sp³-hybridized carbons (Fsp3) is 0.400. The van der Waals surface area contributed by atoms with Crippen LogP contribution in [0.1, 0.15) is 29.7 Å². The first-order valence-corrected chi connectivity index (χ1v) is 6.66. The van der Waals surface area contributed by atoms with Gasteiger partial charge in [-0.3, -0.25) is 4.79 Å². The van der Waals surface area contributed by atoms with Crippen molar-refractivity contribution in [2.45, 2.75) is 33.2 Å². The molecule has 0 bridgehead atoms. The van der Waals surface area contributed by atoms with E-state index in [1.807, 2.05) is 6.07 Å². The lowest BCUT2D eigenvalue weighted by atomic mass is 10.1. The SMILES string of the molecule is Cc1[nH]c2ccc(CNC(=O)CCCN)cc2c1C.Cl. The van der Waals surface area contributed by atoms with Crippen LogP contribution in [0.15, 0.2) is 18.2 Å². The van der Waals surface area contributed by atoms with Crippen molar-refractivity contribution in [2.24, 2.45) is 5.73 Å². The summed E-state index contributed by atoms with van der Waals surface area (Å²) in [7, 11) is 0. The molecule has 1 aromatic heterocycles. The highest BCUT2D eigenvalue weighted by atomic mass is 35.5. The third-order valence-corrected chi connectivity index (χ3v) is 3.47. The number of carbonyl (C=O) groups is 1. The number of benzene rings is 1. The minimum absolute atomic E-state index is 0. The zero-order valence-electron chi connectivity index (χ0n) is 12.0. The lowest BCUT2D eigenvalue weighted by Gasteiger charge is -2.05. The van der Waals surface area contributed by atoms with Gasteiger partial charge >= 0.3 is 0 Å². The Hall–Kier alpha value is -1.52. The van der Waals surface area contributed by atoms with Gasteiger partial charge < -0.3 is 16.0 Å². The average molecular weight is 296 g/mol. The second-order valence-corrected chi connectivity index (χ2v) is 4.92. The molecule has 0 aliphatic rings. The van der Waals surface area contributed by atoms with Crippen molar-refractivity contribution < 1.29 is 4.79 Å². The number of H-pyrrole nitrogens is 1. The van der Waals surface area contributed by atoms with Crippen LogP contribution in [0, 0.1) is 13.8 Å². The van der Waals surface area contributed by atoms with Gasteiger partial charge in [0.05, 0.1) is 0 Å². The fourth-order valence-corrected chi connectivity index (χ4v) is 2.17. The molecule has 0 fully saturated rings. The van der Waals surface area contributed by atoms with Gasteiger partial charge in [-0.15, -0.1) is 12.4 Å². The summed E-state index contributed by atoms with van der Waals surface area (Å²) in [5, 5.41) is 4.15. The van der Waals surface area contributed by atoms with Crippen molar-refractivity contribution in [3.63, 3.8) is 0 Å². The number of rotatable bonds is 5. The predicted octanol–water partition coefficient (Wildman–Crippen LogP) is 2.56. The van der Waals surface area contributed by atoms with E-state index < -0.39 is 0 Å². The van der Waals surface area contributed by atoms with Crippen LogP contribution < -0.4 is 11.1 Å². The molecule has 4 N–H and O–H groups in total. The van der Waals surface area contributed by atoms with Crippen molar-refractivity contribution in [1.29, 1.82) is 0 Å². The zero-order chi connectivity index (χ0) is 13.8. The first-order valence-electron chi connectivity index (χ1n) is 6.66. The largest absolute Gasteiger partial charge is 0.358 e. The van der Waals surface area contributed by atoms with Gasteiger partial charge in [-0.2, -0.15) is 0 Å². The fourth-order valence-electron chi connectivity index (χ4n) is 2.17. The van der Waals surface area contributed by atoms with Gasteiger partial charge in [0.1, 0.15) is 0 Å². The van der Waals surface area contributed by atoms with Gasteiger partial charge in [0.15, 0.2) is 0 Å². The summed E-state index contributed by atoms with van der Waals surface area (Å²) in [6.45, 7) is 5.31. The van der Waals surface area contributed by atoms with Gasteiger partial charge in [0.2, 0.25) is 5.91 Å². The Bertz CT molecular complexity index is 592. The highest BCUT2D eigenvalue weighted by Gasteiger charge is 2.06. The number of carbonyl (C=O) groups excluding carboxylic acids is 1. The van der Waals surface area contributed by atoms with Crippen molar-refractivity contribution in [3.05, 3.63) is 35.0 Å². The van der Waals surface area contributed by atoms with E-state index >= 15 is 0 Å². The third-order valence-electron chi connectivity index (χ3n) is 3.47. The second-order valence-electron chi connectivity index (χ2n) is 4.92. The molecule has 0 atom stereocenters. The minimum atomic E-state index is 0. The monoisotopic (exact) mass is 295 g/mol. The van der Waals surface area contributed by atoms with E-state index in [0.29, 0.717) is 19.5 Å². The number of aryl methyl sites for hydroxylation is 2. The van der Waals surface area contributed by atoms with Gasteiger partial charge in [-0.05, 0) is 50.1 Å². The van der Waals surface area contributed by atoms with E-state index in [1.54, 1.807) is 0 Å². The molecule has 1 aromatic carbocycles. The number of fused-ring (bicyclic) bond motifs is 1. The Morgan fingerprint density at radius 2 is 2.10 bits per heavy atom. The molecule has 0 spiro atoms. The van der Waals surface area contributed by atoms with E-state index in [9.17, 15) is 4.79 Å². The number of nitrogens with one attached hydrogen (secondary N) is 2. The van der Waals surface area contributed by atoms with Crippen LogP contribution in [0.25, 0.3) is 10.9 Å². The van der Waals surface area contributed by atoms with Gasteiger partial charge in [0, 0.05) is 29.6 Å². The summed E-state index contributed by atoms with van der Waals surface area (Å²) in [4.78, 5) is 14.9. The van der Waals surface area contributed by atoms with E-state index in [0.717, 1.165) is 17.5 Å². The number of hydrogen-bond donors (Lipinski definition) is 3. The number of aromatic nitrogens is 1. The molecule has 0 aliphatic carbocycles. The lowest BCUT2D eigenvalue weighted by molar-refractivity contribution is -0.121. The molecule has 0 saturated carbocycles. The molecule has 1 heterocycles. The van der Waals surface area contributed by atoms with Crippen LogP contribution in [0.4, 0.5) is 0 Å². The van der Waals surface area contributed by atoms with Crippen LogP contribution in [-0.4, -0.2) is 17.4 Å². The van der Waals surface area contributed by atoms with Crippen LogP contribution >= 0.6 is 12.4 Å². The highest BCUT2D eigenvalue weighted by molar-refractivity contribution is 5.85. The predicted molar refractivity (Wildman–Crippen MR) is 85.2 cm³/mol. The van der Waals surface area contributed by atoms with Gasteiger partial charge in [0.25, 0.3) is 0 Å². The maximum atomic E-state index is 11.5. The number of nitrogens with two attached hydrogens (primary N) is 1. The number of aromatic amines is 1. The molecule has 0 aliphatic heterocycles. The standard InChI is InChI=1S/C15H21N3O.ClH/c1-10-11(2)18-14-6-5-12(8-13(10)14)9-17-15(19)4-3-7-16;/h5-6,8,18H,3-4,7,9,16H2,1-2H3,(H,17,19);1H. The molecule has 5 heteroatoms. The summed E-state index contributed by atoms with van der Waals surface area (Å²) >= 11 is 0. The summed E-state index contributed by atoms with van der Waals surface area (Å²) in [5.74, 6) is 0.0625. The molecule has 2 aromatic rings. The molecule has 20 heavy (non-hydrogen) atoms. The van der Waals surface area contributed by atoms with E-state index in [2.05, 4.69) is 36.3 Å². The zero-order valence-corrected chi connectivity index (χ0v) is 12.8. The molecule has 0 unspecified atom stereocenters. The summed E-state index contributed by atoms with van der Waals surface area (Å²) < 4.78 is 0. The Balaban J connectivity index is 0.00000200. The molecular weight excluding hydrogens is 274 g/mol. The normalized spacial score (nSPS) is 10.3. The molecular formula is C15H22ClN3O. The van der Waals surface area contributed by atoms with Gasteiger partial charge in [-0.25, -0.2) is 0 Å².